The lowest BCUT2D eigenvalue weighted by molar-refractivity contribution is 0.685. The highest BCUT2D eigenvalue weighted by Gasteiger charge is 2.08. The van der Waals surface area contributed by atoms with E-state index in [1.807, 2.05) is 6.92 Å². The Bertz CT molecular complexity index is 205. The van der Waals surface area contributed by atoms with Crippen molar-refractivity contribution < 1.29 is 8.22 Å². The van der Waals surface area contributed by atoms with Crippen molar-refractivity contribution >= 4 is 14.7 Å². The van der Waals surface area contributed by atoms with Crippen molar-refractivity contribution in [3.8, 4) is 0 Å². The Balaban J connectivity index is 2.89. The zero-order valence-electron chi connectivity index (χ0n) is 5.64. The molecule has 0 aromatic heterocycles. The lowest BCUT2D eigenvalue weighted by atomic mass is 10.2. The van der Waals surface area contributed by atoms with Crippen molar-refractivity contribution in [1.82, 2.24) is 0 Å². The van der Waals surface area contributed by atoms with Crippen molar-refractivity contribution in [2.45, 2.75) is 6.92 Å². The van der Waals surface area contributed by atoms with Crippen molar-refractivity contribution in [3.63, 3.8) is 0 Å². The van der Waals surface area contributed by atoms with E-state index in [4.69, 9.17) is 0 Å². The molecule has 0 saturated heterocycles. The van der Waals surface area contributed by atoms with Gasteiger partial charge in [0.25, 0.3) is 0 Å². The number of rotatable bonds is 1. The maximum atomic E-state index is 12.0. The van der Waals surface area contributed by atoms with E-state index in [0.717, 1.165) is 5.56 Å². The van der Waals surface area contributed by atoms with Gasteiger partial charge in [0, 0.05) is 0 Å². The Hall–Kier alpha value is -0.703. The highest BCUT2D eigenvalue weighted by atomic mass is 28.4. The summed E-state index contributed by atoms with van der Waals surface area (Å²) >= 11 is 0. The lowest BCUT2D eigenvalue weighted by Crippen LogP contribution is -2.19. The molecule has 0 bridgehead atoms. The molecule has 1 aromatic rings. The van der Waals surface area contributed by atoms with E-state index in [-0.39, 0.29) is 5.19 Å². The Labute approximate surface area is 60.5 Å². The third kappa shape index (κ3) is 1.64. The van der Waals surface area contributed by atoms with Gasteiger partial charge in [-0.15, -0.1) is 0 Å². The monoisotopic (exact) mass is 158 g/mol. The first-order valence-corrected chi connectivity index (χ1v) is 4.50. The summed E-state index contributed by atoms with van der Waals surface area (Å²) < 4.78 is 24.1. The van der Waals surface area contributed by atoms with Crippen LogP contribution in [0.25, 0.3) is 0 Å². The average Bonchev–Trinajstić information content (AvgIpc) is 1.88. The van der Waals surface area contributed by atoms with Gasteiger partial charge in [-0.2, -0.15) is 0 Å². The molecule has 3 heteroatoms. The molecule has 10 heavy (non-hydrogen) atoms. The Kier molecular flexibility index (Phi) is 2.16. The number of halogens is 2. The fraction of sp³-hybridized carbons (Fsp3) is 0.143. The SMILES string of the molecule is Cc1ccc([SiH](F)F)cc1. The minimum absolute atomic E-state index is 0.227. The minimum Gasteiger partial charge on any atom is -0.269 e. The molecule has 0 nitrogen and oxygen atoms in total. The molecule has 0 aliphatic heterocycles. The number of hydrogen-bond acceptors (Lipinski definition) is 0. The Morgan fingerprint density at radius 3 is 2.00 bits per heavy atom. The second-order valence-electron chi connectivity index (χ2n) is 2.21. The predicted octanol–water partition coefficient (Wildman–Crippen LogP) is 1.36. The molecule has 0 N–H and O–H groups in total. The van der Waals surface area contributed by atoms with Crippen LogP contribution >= 0.6 is 0 Å². The zero-order chi connectivity index (χ0) is 7.56. The molecule has 0 spiro atoms. The first kappa shape index (κ1) is 7.40. The van der Waals surface area contributed by atoms with Gasteiger partial charge in [0.05, 0.1) is 0 Å². The number of hydrogen-bond donors (Lipinski definition) is 0. The third-order valence-corrected chi connectivity index (χ3v) is 2.22. The van der Waals surface area contributed by atoms with Crippen LogP contribution in [0.5, 0.6) is 0 Å². The van der Waals surface area contributed by atoms with Crippen LogP contribution in [0.2, 0.25) is 0 Å². The lowest BCUT2D eigenvalue weighted by Gasteiger charge is -1.95. The molecule has 1 rings (SSSR count). The quantitative estimate of drug-likeness (QED) is 0.427. The van der Waals surface area contributed by atoms with Crippen LogP contribution in [-0.4, -0.2) is 9.46 Å². The number of aryl methyl sites for hydroxylation is 1. The van der Waals surface area contributed by atoms with Gasteiger partial charge in [0.15, 0.2) is 0 Å². The largest absolute Gasteiger partial charge is 0.441 e. The summed E-state index contributed by atoms with van der Waals surface area (Å²) in [5, 5.41) is 0.227. The minimum atomic E-state index is -3.55. The molecule has 0 heterocycles. The summed E-state index contributed by atoms with van der Waals surface area (Å²) in [5.41, 5.74) is 1.03. The van der Waals surface area contributed by atoms with Gasteiger partial charge >= 0.3 is 9.46 Å². The van der Waals surface area contributed by atoms with Gasteiger partial charge in [0.2, 0.25) is 0 Å². The topological polar surface area (TPSA) is 0 Å². The van der Waals surface area contributed by atoms with Gasteiger partial charge in [-0.1, -0.05) is 29.8 Å². The van der Waals surface area contributed by atoms with Crippen molar-refractivity contribution in [3.05, 3.63) is 29.8 Å². The zero-order valence-corrected chi connectivity index (χ0v) is 6.80. The molecule has 54 valence electrons. The summed E-state index contributed by atoms with van der Waals surface area (Å²) in [6.45, 7) is 1.89. The van der Waals surface area contributed by atoms with Crippen LogP contribution in [0, 0.1) is 6.92 Å². The van der Waals surface area contributed by atoms with Gasteiger partial charge in [0.1, 0.15) is 0 Å². The maximum absolute atomic E-state index is 12.0. The molecular formula is C7H8F2Si. The van der Waals surface area contributed by atoms with E-state index in [0.29, 0.717) is 0 Å². The third-order valence-electron chi connectivity index (χ3n) is 1.33. The normalized spacial score (nSPS) is 10.4. The van der Waals surface area contributed by atoms with Crippen LogP contribution in [0.15, 0.2) is 24.3 Å². The molecule has 0 radical (unpaired) electrons. The van der Waals surface area contributed by atoms with Crippen LogP contribution < -0.4 is 5.19 Å². The van der Waals surface area contributed by atoms with E-state index in [1.54, 1.807) is 12.1 Å². The molecule has 0 unspecified atom stereocenters. The first-order valence-electron chi connectivity index (χ1n) is 3.05. The van der Waals surface area contributed by atoms with Gasteiger partial charge in [-0.3, -0.25) is 8.22 Å². The summed E-state index contributed by atoms with van der Waals surface area (Å²) in [6, 6.07) is 6.45. The molecule has 0 saturated carbocycles. The fourth-order valence-corrected chi connectivity index (χ4v) is 1.20. The smallest absolute Gasteiger partial charge is 0.269 e. The van der Waals surface area contributed by atoms with E-state index >= 15 is 0 Å². The van der Waals surface area contributed by atoms with Crippen LogP contribution in [0.3, 0.4) is 0 Å². The highest BCUT2D eigenvalue weighted by molar-refractivity contribution is 6.59. The van der Waals surface area contributed by atoms with E-state index in [2.05, 4.69) is 0 Å². The van der Waals surface area contributed by atoms with Crippen LogP contribution in [0.1, 0.15) is 5.56 Å². The van der Waals surface area contributed by atoms with Gasteiger partial charge < -0.3 is 0 Å². The Morgan fingerprint density at radius 1 is 1.10 bits per heavy atom. The van der Waals surface area contributed by atoms with E-state index in [1.165, 1.54) is 12.1 Å². The second-order valence-corrected chi connectivity index (χ2v) is 3.48. The molecule has 1 aromatic carbocycles. The summed E-state index contributed by atoms with van der Waals surface area (Å²) in [5.74, 6) is 0. The molecule has 0 fully saturated rings. The predicted molar refractivity (Wildman–Crippen MR) is 40.2 cm³/mol. The van der Waals surface area contributed by atoms with Crippen molar-refractivity contribution in [2.24, 2.45) is 0 Å². The van der Waals surface area contributed by atoms with Gasteiger partial charge in [-0.05, 0) is 12.1 Å². The molecule has 0 aliphatic rings. The van der Waals surface area contributed by atoms with Crippen molar-refractivity contribution in [2.75, 3.05) is 0 Å². The van der Waals surface area contributed by atoms with Crippen LogP contribution in [-0.2, 0) is 0 Å². The number of benzene rings is 1. The Morgan fingerprint density at radius 2 is 1.60 bits per heavy atom. The standard InChI is InChI=1S/C7H8F2Si/c1-6-2-4-7(5-3-6)10(8)9/h2-5,10H,1H3. The maximum Gasteiger partial charge on any atom is 0.441 e. The molecule has 0 aliphatic carbocycles. The highest BCUT2D eigenvalue weighted by Crippen LogP contribution is 1.95. The van der Waals surface area contributed by atoms with Crippen molar-refractivity contribution in [1.29, 1.82) is 0 Å². The van der Waals surface area contributed by atoms with Gasteiger partial charge in [-0.25, -0.2) is 0 Å². The fourth-order valence-electron chi connectivity index (χ4n) is 0.712. The average molecular weight is 158 g/mol. The molecule has 0 amide bonds. The molecule has 0 atom stereocenters. The summed E-state index contributed by atoms with van der Waals surface area (Å²) in [6.07, 6.45) is 0. The summed E-state index contributed by atoms with van der Waals surface area (Å²) in [7, 11) is -3.55. The van der Waals surface area contributed by atoms with E-state index < -0.39 is 9.46 Å². The second kappa shape index (κ2) is 2.92. The van der Waals surface area contributed by atoms with Crippen LogP contribution in [0.4, 0.5) is 8.22 Å². The first-order chi connectivity index (χ1) is 4.70. The molecular weight excluding hydrogens is 150 g/mol. The summed E-state index contributed by atoms with van der Waals surface area (Å²) in [4.78, 5) is 0. The van der Waals surface area contributed by atoms with E-state index in [9.17, 15) is 8.22 Å².